The standard InChI is InChI=1S/C15H17Br2N.ClH/c1-3-5-10-9-11-12(16)7-8-13(17)15(11)14(18-10)6-4-2;/h3-4,7-8,10,14,18H,1-2,5-6,9H2;1H. The van der Waals surface area contributed by atoms with E-state index in [0.717, 1.165) is 19.3 Å². The molecule has 0 spiro atoms. The Labute approximate surface area is 138 Å². The van der Waals surface area contributed by atoms with Gasteiger partial charge in [-0.25, -0.2) is 0 Å². The topological polar surface area (TPSA) is 12.0 Å². The summed E-state index contributed by atoms with van der Waals surface area (Å²) < 4.78 is 2.38. The Bertz CT molecular complexity index is 473. The molecule has 2 atom stereocenters. The number of rotatable bonds is 4. The molecule has 0 aromatic heterocycles. The van der Waals surface area contributed by atoms with E-state index in [4.69, 9.17) is 0 Å². The average molecular weight is 408 g/mol. The SMILES string of the molecule is C=CCC1Cc2c(Br)ccc(Br)c2C(CC=C)N1.Cl. The van der Waals surface area contributed by atoms with Crippen LogP contribution in [0.5, 0.6) is 0 Å². The van der Waals surface area contributed by atoms with E-state index in [9.17, 15) is 0 Å². The summed E-state index contributed by atoms with van der Waals surface area (Å²) in [6, 6.07) is 5.02. The predicted octanol–water partition coefficient (Wildman–Crippen LogP) is 5.34. The quantitative estimate of drug-likeness (QED) is 0.664. The summed E-state index contributed by atoms with van der Waals surface area (Å²) in [7, 11) is 0. The summed E-state index contributed by atoms with van der Waals surface area (Å²) in [5.41, 5.74) is 2.77. The van der Waals surface area contributed by atoms with Gasteiger partial charge in [-0.05, 0) is 42.5 Å². The van der Waals surface area contributed by atoms with Crippen molar-refractivity contribution >= 4 is 44.3 Å². The summed E-state index contributed by atoms with van der Waals surface area (Å²) in [6.07, 6.45) is 6.93. The maximum Gasteiger partial charge on any atom is 0.0371 e. The first-order chi connectivity index (χ1) is 8.67. The summed E-state index contributed by atoms with van der Waals surface area (Å²) in [6.45, 7) is 7.70. The van der Waals surface area contributed by atoms with Crippen molar-refractivity contribution in [3.63, 3.8) is 0 Å². The lowest BCUT2D eigenvalue weighted by Gasteiger charge is -2.34. The van der Waals surface area contributed by atoms with Crippen molar-refractivity contribution in [1.82, 2.24) is 5.32 Å². The largest absolute Gasteiger partial charge is 0.306 e. The molecule has 0 fully saturated rings. The molecule has 4 heteroatoms. The van der Waals surface area contributed by atoms with Gasteiger partial charge in [0.15, 0.2) is 0 Å². The van der Waals surface area contributed by atoms with Crippen LogP contribution in [-0.2, 0) is 6.42 Å². The fourth-order valence-electron chi connectivity index (χ4n) is 2.57. The smallest absolute Gasteiger partial charge is 0.0371 e. The van der Waals surface area contributed by atoms with E-state index in [1.807, 2.05) is 12.2 Å². The second-order valence-electron chi connectivity index (χ2n) is 4.59. The van der Waals surface area contributed by atoms with Gasteiger partial charge in [0.2, 0.25) is 0 Å². The van der Waals surface area contributed by atoms with Crippen molar-refractivity contribution < 1.29 is 0 Å². The van der Waals surface area contributed by atoms with E-state index in [0.29, 0.717) is 12.1 Å². The molecular weight excluding hydrogens is 389 g/mol. The Hall–Kier alpha value is -0.0900. The molecule has 0 radical (unpaired) electrons. The number of hydrogen-bond donors (Lipinski definition) is 1. The lowest BCUT2D eigenvalue weighted by atomic mass is 9.87. The first kappa shape index (κ1) is 17.0. The highest BCUT2D eigenvalue weighted by Crippen LogP contribution is 2.38. The van der Waals surface area contributed by atoms with Crippen molar-refractivity contribution in [2.24, 2.45) is 0 Å². The van der Waals surface area contributed by atoms with E-state index < -0.39 is 0 Å². The maximum atomic E-state index is 3.86. The molecule has 1 aliphatic heterocycles. The zero-order valence-corrected chi connectivity index (χ0v) is 14.7. The maximum absolute atomic E-state index is 3.86. The molecule has 0 saturated heterocycles. The van der Waals surface area contributed by atoms with Crippen LogP contribution < -0.4 is 5.32 Å². The summed E-state index contributed by atoms with van der Waals surface area (Å²) in [4.78, 5) is 0. The third-order valence-electron chi connectivity index (χ3n) is 3.34. The second kappa shape index (κ2) is 7.63. The zero-order valence-electron chi connectivity index (χ0n) is 10.7. The fourth-order valence-corrected chi connectivity index (χ4v) is 3.73. The van der Waals surface area contributed by atoms with Crippen LogP contribution >= 0.6 is 44.3 Å². The fraction of sp³-hybridized carbons (Fsp3) is 0.333. The highest BCUT2D eigenvalue weighted by atomic mass is 79.9. The Kier molecular flexibility index (Phi) is 6.81. The number of fused-ring (bicyclic) bond motifs is 1. The van der Waals surface area contributed by atoms with Crippen molar-refractivity contribution in [3.8, 4) is 0 Å². The van der Waals surface area contributed by atoms with Crippen molar-refractivity contribution in [3.05, 3.63) is 57.5 Å². The molecule has 1 aliphatic rings. The van der Waals surface area contributed by atoms with Crippen LogP contribution in [-0.4, -0.2) is 6.04 Å². The third-order valence-corrected chi connectivity index (χ3v) is 4.77. The van der Waals surface area contributed by atoms with Crippen LogP contribution in [0.25, 0.3) is 0 Å². The molecule has 0 aliphatic carbocycles. The van der Waals surface area contributed by atoms with E-state index >= 15 is 0 Å². The molecule has 2 unspecified atom stereocenters. The zero-order chi connectivity index (χ0) is 13.1. The van der Waals surface area contributed by atoms with Crippen molar-refractivity contribution in [1.29, 1.82) is 0 Å². The van der Waals surface area contributed by atoms with Gasteiger partial charge in [0.1, 0.15) is 0 Å². The molecule has 1 N–H and O–H groups in total. The summed E-state index contributed by atoms with van der Waals surface area (Å²) in [5.74, 6) is 0. The molecule has 1 nitrogen and oxygen atoms in total. The molecule has 1 aromatic rings. The molecule has 0 saturated carbocycles. The Morgan fingerprint density at radius 1 is 1.16 bits per heavy atom. The van der Waals surface area contributed by atoms with Gasteiger partial charge in [-0.1, -0.05) is 44.0 Å². The highest BCUT2D eigenvalue weighted by molar-refractivity contribution is 9.11. The molecular formula is C15H18Br2ClN. The normalized spacial score (nSPS) is 21.2. The first-order valence-corrected chi connectivity index (χ1v) is 7.70. The van der Waals surface area contributed by atoms with E-state index in [-0.39, 0.29) is 12.4 Å². The van der Waals surface area contributed by atoms with Crippen LogP contribution in [0.15, 0.2) is 46.4 Å². The predicted molar refractivity (Wildman–Crippen MR) is 92.1 cm³/mol. The minimum atomic E-state index is 0. The van der Waals surface area contributed by atoms with Gasteiger partial charge < -0.3 is 5.32 Å². The summed E-state index contributed by atoms with van der Waals surface area (Å²) >= 11 is 7.34. The van der Waals surface area contributed by atoms with Gasteiger partial charge >= 0.3 is 0 Å². The summed E-state index contributed by atoms with van der Waals surface area (Å²) in [5, 5.41) is 3.69. The van der Waals surface area contributed by atoms with Crippen LogP contribution in [0.1, 0.15) is 30.0 Å². The molecule has 2 rings (SSSR count). The number of halogens is 3. The van der Waals surface area contributed by atoms with Gasteiger partial charge in [-0.3, -0.25) is 0 Å². The molecule has 1 aromatic carbocycles. The number of hydrogen-bond acceptors (Lipinski definition) is 1. The molecule has 1 heterocycles. The van der Waals surface area contributed by atoms with Gasteiger partial charge in [0.05, 0.1) is 0 Å². The highest BCUT2D eigenvalue weighted by Gasteiger charge is 2.27. The van der Waals surface area contributed by atoms with Gasteiger partial charge in [0.25, 0.3) is 0 Å². The van der Waals surface area contributed by atoms with Gasteiger partial charge in [0, 0.05) is 21.0 Å². The Morgan fingerprint density at radius 3 is 2.42 bits per heavy atom. The van der Waals surface area contributed by atoms with Crippen LogP contribution in [0.3, 0.4) is 0 Å². The molecule has 19 heavy (non-hydrogen) atoms. The van der Waals surface area contributed by atoms with Crippen LogP contribution in [0.4, 0.5) is 0 Å². The monoisotopic (exact) mass is 405 g/mol. The first-order valence-electron chi connectivity index (χ1n) is 6.12. The van der Waals surface area contributed by atoms with Crippen molar-refractivity contribution in [2.75, 3.05) is 0 Å². The average Bonchev–Trinajstić information content (AvgIpc) is 2.34. The minimum absolute atomic E-state index is 0. The van der Waals surface area contributed by atoms with Gasteiger partial charge in [-0.2, -0.15) is 0 Å². The third kappa shape index (κ3) is 3.72. The minimum Gasteiger partial charge on any atom is -0.306 e. The molecule has 0 amide bonds. The van der Waals surface area contributed by atoms with E-state index in [2.05, 4.69) is 62.5 Å². The lowest BCUT2D eigenvalue weighted by Crippen LogP contribution is -2.39. The number of benzene rings is 1. The molecule has 0 bridgehead atoms. The number of nitrogens with one attached hydrogen (secondary N) is 1. The van der Waals surface area contributed by atoms with Crippen LogP contribution in [0, 0.1) is 0 Å². The Morgan fingerprint density at radius 2 is 1.79 bits per heavy atom. The van der Waals surface area contributed by atoms with Crippen LogP contribution in [0.2, 0.25) is 0 Å². The van der Waals surface area contributed by atoms with Gasteiger partial charge in [-0.15, -0.1) is 25.6 Å². The second-order valence-corrected chi connectivity index (χ2v) is 6.30. The van der Waals surface area contributed by atoms with E-state index in [1.54, 1.807) is 0 Å². The lowest BCUT2D eigenvalue weighted by molar-refractivity contribution is 0.403. The van der Waals surface area contributed by atoms with E-state index in [1.165, 1.54) is 20.1 Å². The Balaban J connectivity index is 0.00000180. The van der Waals surface area contributed by atoms with Crippen molar-refractivity contribution in [2.45, 2.75) is 31.3 Å². The molecule has 104 valence electrons.